The third-order valence-electron chi connectivity index (χ3n) is 7.14. The summed E-state index contributed by atoms with van der Waals surface area (Å²) >= 11 is 1.52. The van der Waals surface area contributed by atoms with Crippen molar-refractivity contribution in [3.8, 4) is 0 Å². The van der Waals surface area contributed by atoms with Crippen LogP contribution in [0.25, 0.3) is 0 Å². The summed E-state index contributed by atoms with van der Waals surface area (Å²) in [5.74, 6) is 3.08. The minimum Gasteiger partial charge on any atom is -0.378 e. The first kappa shape index (κ1) is 21.8. The molecule has 2 aliphatic heterocycles. The fraction of sp³-hybridized carbons (Fsp3) is 0.625. The molecule has 2 atom stereocenters. The van der Waals surface area contributed by atoms with E-state index in [-0.39, 0.29) is 5.91 Å². The van der Waals surface area contributed by atoms with Crippen LogP contribution >= 0.6 is 11.8 Å². The lowest BCUT2D eigenvalue weighted by Crippen LogP contribution is -2.45. The highest BCUT2D eigenvalue weighted by Gasteiger charge is 2.33. The molecule has 0 spiro atoms. The zero-order chi connectivity index (χ0) is 21.8. The standard InChI is InChI=1S/C24H33N5O2S/c30-22(28-11-10-20-8-4-5-9-21(20)17-28)18-32-24-26-25-23(27-12-14-31-15-13-27)29(24)16-19-6-2-1-3-7-19/h1-3,6-7,20-21H,4-5,8-18H2/t20-,21-/m1/s1. The number of nitrogens with zero attached hydrogens (tertiary/aromatic N) is 5. The van der Waals surface area contributed by atoms with E-state index in [0.717, 1.165) is 43.2 Å². The normalized spacial score (nSPS) is 23.8. The second-order valence-corrected chi connectivity index (χ2v) is 10.1. The Balaban J connectivity index is 1.27. The fourth-order valence-electron chi connectivity index (χ4n) is 5.33. The number of benzene rings is 1. The summed E-state index contributed by atoms with van der Waals surface area (Å²) in [5, 5.41) is 9.83. The number of carbonyl (C=O) groups excluding carboxylic acids is 1. The number of amides is 1. The lowest BCUT2D eigenvalue weighted by atomic mass is 9.75. The van der Waals surface area contributed by atoms with Crippen molar-refractivity contribution in [2.24, 2.45) is 11.8 Å². The predicted molar refractivity (Wildman–Crippen MR) is 126 cm³/mol. The number of ether oxygens (including phenoxy) is 1. The first-order valence-corrected chi connectivity index (χ1v) is 13.0. The summed E-state index contributed by atoms with van der Waals surface area (Å²) in [6.07, 6.45) is 6.51. The molecule has 3 heterocycles. The van der Waals surface area contributed by atoms with Crippen LogP contribution in [0.4, 0.5) is 5.95 Å². The van der Waals surface area contributed by atoms with Gasteiger partial charge in [0, 0.05) is 26.2 Å². The maximum absolute atomic E-state index is 13.0. The van der Waals surface area contributed by atoms with Gasteiger partial charge >= 0.3 is 0 Å². The van der Waals surface area contributed by atoms with Crippen LogP contribution in [0, 0.1) is 11.8 Å². The molecule has 7 nitrogen and oxygen atoms in total. The van der Waals surface area contributed by atoms with E-state index in [4.69, 9.17) is 4.74 Å². The Hall–Kier alpha value is -2.06. The highest BCUT2D eigenvalue weighted by atomic mass is 32.2. The molecular weight excluding hydrogens is 422 g/mol. The Bertz CT molecular complexity index is 899. The molecule has 1 amide bonds. The molecule has 0 unspecified atom stereocenters. The Labute approximate surface area is 194 Å². The average molecular weight is 456 g/mol. The summed E-state index contributed by atoms with van der Waals surface area (Å²) < 4.78 is 7.67. The van der Waals surface area contributed by atoms with Gasteiger partial charge in [0.15, 0.2) is 5.16 Å². The molecule has 2 aromatic rings. The van der Waals surface area contributed by atoms with Crippen molar-refractivity contribution in [1.82, 2.24) is 19.7 Å². The molecule has 0 N–H and O–H groups in total. The van der Waals surface area contributed by atoms with Crippen LogP contribution < -0.4 is 4.90 Å². The maximum Gasteiger partial charge on any atom is 0.233 e. The summed E-state index contributed by atoms with van der Waals surface area (Å²) in [6.45, 7) is 5.59. The zero-order valence-electron chi connectivity index (χ0n) is 18.7. The summed E-state index contributed by atoms with van der Waals surface area (Å²) in [6, 6.07) is 10.4. The van der Waals surface area contributed by atoms with E-state index < -0.39 is 0 Å². The molecule has 1 aromatic carbocycles. The number of fused-ring (bicyclic) bond motifs is 1. The maximum atomic E-state index is 13.0. The molecular formula is C24H33N5O2S. The Kier molecular flexibility index (Phi) is 6.97. The molecule has 2 saturated heterocycles. The second-order valence-electron chi connectivity index (χ2n) is 9.18. The molecule has 1 saturated carbocycles. The van der Waals surface area contributed by atoms with Gasteiger partial charge in [-0.25, -0.2) is 0 Å². The minimum absolute atomic E-state index is 0.237. The molecule has 1 aliphatic carbocycles. The molecule has 8 heteroatoms. The van der Waals surface area contributed by atoms with Crippen molar-refractivity contribution in [2.75, 3.05) is 50.0 Å². The predicted octanol–water partition coefficient (Wildman–Crippen LogP) is 3.29. The summed E-state index contributed by atoms with van der Waals surface area (Å²) in [5.41, 5.74) is 1.20. The van der Waals surface area contributed by atoms with Gasteiger partial charge in [-0.1, -0.05) is 61.4 Å². The first-order valence-electron chi connectivity index (χ1n) is 12.0. The lowest BCUT2D eigenvalue weighted by molar-refractivity contribution is -0.131. The van der Waals surface area contributed by atoms with Crippen LogP contribution in [0.15, 0.2) is 35.5 Å². The SMILES string of the molecule is O=C(CSc1nnc(N2CCOCC2)n1Cc1ccccc1)N1CC[C@H]2CCCC[C@@H]2C1. The van der Waals surface area contributed by atoms with Crippen LogP contribution in [-0.2, 0) is 16.1 Å². The largest absolute Gasteiger partial charge is 0.378 e. The van der Waals surface area contributed by atoms with Gasteiger partial charge in [0.1, 0.15) is 0 Å². The fourth-order valence-corrected chi connectivity index (χ4v) is 6.17. The quantitative estimate of drug-likeness (QED) is 0.623. The molecule has 0 bridgehead atoms. The van der Waals surface area contributed by atoms with E-state index in [2.05, 4.69) is 48.8 Å². The number of likely N-dealkylation sites (tertiary alicyclic amines) is 1. The molecule has 172 valence electrons. The van der Waals surface area contributed by atoms with Gasteiger partial charge in [0.25, 0.3) is 0 Å². The molecule has 32 heavy (non-hydrogen) atoms. The van der Waals surface area contributed by atoms with Crippen LogP contribution in [0.2, 0.25) is 0 Å². The number of morpholine rings is 1. The minimum atomic E-state index is 0.237. The third-order valence-corrected chi connectivity index (χ3v) is 8.09. The molecule has 3 fully saturated rings. The number of carbonyl (C=O) groups is 1. The van der Waals surface area contributed by atoms with E-state index in [0.29, 0.717) is 31.4 Å². The van der Waals surface area contributed by atoms with Crippen molar-refractivity contribution in [1.29, 1.82) is 0 Å². The Morgan fingerprint density at radius 1 is 1.00 bits per heavy atom. The smallest absolute Gasteiger partial charge is 0.233 e. The van der Waals surface area contributed by atoms with E-state index in [1.54, 1.807) is 0 Å². The number of aromatic nitrogens is 3. The van der Waals surface area contributed by atoms with Gasteiger partial charge in [-0.2, -0.15) is 0 Å². The van der Waals surface area contributed by atoms with Gasteiger partial charge in [0.2, 0.25) is 11.9 Å². The van der Waals surface area contributed by atoms with Crippen molar-refractivity contribution in [3.05, 3.63) is 35.9 Å². The average Bonchev–Trinajstić information content (AvgIpc) is 3.25. The number of thioether (sulfide) groups is 1. The number of rotatable bonds is 6. The number of anilines is 1. The monoisotopic (exact) mass is 455 g/mol. The topological polar surface area (TPSA) is 63.5 Å². The number of hydrogen-bond donors (Lipinski definition) is 0. The number of hydrogen-bond acceptors (Lipinski definition) is 6. The molecule has 3 aliphatic rings. The van der Waals surface area contributed by atoms with Gasteiger partial charge in [-0.15, -0.1) is 10.2 Å². The highest BCUT2D eigenvalue weighted by Crippen LogP contribution is 2.36. The van der Waals surface area contributed by atoms with E-state index >= 15 is 0 Å². The first-order chi connectivity index (χ1) is 15.8. The summed E-state index contributed by atoms with van der Waals surface area (Å²) in [7, 11) is 0. The van der Waals surface area contributed by atoms with Gasteiger partial charge in [-0.05, 0) is 30.2 Å². The van der Waals surface area contributed by atoms with Crippen LogP contribution in [0.5, 0.6) is 0 Å². The van der Waals surface area contributed by atoms with Gasteiger partial charge in [0.05, 0.1) is 25.5 Å². The molecule has 0 radical (unpaired) electrons. The van der Waals surface area contributed by atoms with Crippen molar-refractivity contribution in [3.63, 3.8) is 0 Å². The van der Waals surface area contributed by atoms with Gasteiger partial charge < -0.3 is 14.5 Å². The second kappa shape index (κ2) is 10.3. The highest BCUT2D eigenvalue weighted by molar-refractivity contribution is 7.99. The van der Waals surface area contributed by atoms with Crippen molar-refractivity contribution >= 4 is 23.6 Å². The zero-order valence-corrected chi connectivity index (χ0v) is 19.5. The third kappa shape index (κ3) is 4.96. The van der Waals surface area contributed by atoms with E-state index in [1.165, 1.54) is 49.4 Å². The van der Waals surface area contributed by atoms with E-state index in [1.807, 2.05) is 6.07 Å². The summed E-state index contributed by atoms with van der Waals surface area (Å²) in [4.78, 5) is 17.4. The molecule has 5 rings (SSSR count). The molecule has 1 aromatic heterocycles. The Morgan fingerprint density at radius 2 is 1.78 bits per heavy atom. The van der Waals surface area contributed by atoms with Crippen LogP contribution in [0.3, 0.4) is 0 Å². The number of piperidine rings is 1. The van der Waals surface area contributed by atoms with Crippen LogP contribution in [0.1, 0.15) is 37.7 Å². The lowest BCUT2D eigenvalue weighted by Gasteiger charge is -2.41. The van der Waals surface area contributed by atoms with E-state index in [9.17, 15) is 4.79 Å². The van der Waals surface area contributed by atoms with Crippen molar-refractivity contribution in [2.45, 2.75) is 43.8 Å². The van der Waals surface area contributed by atoms with Crippen LogP contribution in [-0.4, -0.2) is 70.7 Å². The Morgan fingerprint density at radius 3 is 2.59 bits per heavy atom. The van der Waals surface area contributed by atoms with Crippen molar-refractivity contribution < 1.29 is 9.53 Å². The van der Waals surface area contributed by atoms with Gasteiger partial charge in [-0.3, -0.25) is 9.36 Å².